The van der Waals surface area contributed by atoms with Gasteiger partial charge in [0.05, 0.1) is 13.0 Å². The highest BCUT2D eigenvalue weighted by molar-refractivity contribution is 5.79. The van der Waals surface area contributed by atoms with Crippen LogP contribution in [-0.2, 0) is 11.2 Å². The summed E-state index contributed by atoms with van der Waals surface area (Å²) in [5.74, 6) is 1.62. The molecule has 2 aliphatic heterocycles. The molecule has 0 spiro atoms. The molecule has 21 heavy (non-hydrogen) atoms. The molecule has 0 saturated carbocycles. The van der Waals surface area contributed by atoms with Crippen molar-refractivity contribution in [3.05, 3.63) is 23.8 Å². The maximum absolute atomic E-state index is 12.3. The van der Waals surface area contributed by atoms with Crippen LogP contribution < -0.4 is 20.1 Å². The van der Waals surface area contributed by atoms with Gasteiger partial charge in [0.25, 0.3) is 0 Å². The van der Waals surface area contributed by atoms with E-state index in [4.69, 9.17) is 9.47 Å². The fraction of sp³-hybridized carbons (Fsp3) is 0.562. The van der Waals surface area contributed by atoms with E-state index in [9.17, 15) is 4.79 Å². The second-order valence-corrected chi connectivity index (χ2v) is 5.72. The van der Waals surface area contributed by atoms with Gasteiger partial charge in [-0.3, -0.25) is 4.79 Å². The molecule has 2 N–H and O–H groups in total. The Morgan fingerprint density at radius 2 is 2.43 bits per heavy atom. The summed E-state index contributed by atoms with van der Waals surface area (Å²) >= 11 is 0. The molecule has 114 valence electrons. The fourth-order valence-electron chi connectivity index (χ4n) is 2.97. The number of benzene rings is 1. The van der Waals surface area contributed by atoms with E-state index in [0.717, 1.165) is 30.0 Å². The van der Waals surface area contributed by atoms with Crippen LogP contribution in [-0.4, -0.2) is 38.8 Å². The first-order valence-electron chi connectivity index (χ1n) is 7.57. The Morgan fingerprint density at radius 3 is 3.19 bits per heavy atom. The first kappa shape index (κ1) is 14.2. The molecule has 2 unspecified atom stereocenters. The van der Waals surface area contributed by atoms with Gasteiger partial charge >= 0.3 is 0 Å². The zero-order valence-electron chi connectivity index (χ0n) is 12.4. The second-order valence-electron chi connectivity index (χ2n) is 5.72. The van der Waals surface area contributed by atoms with Crippen LogP contribution in [0.5, 0.6) is 11.5 Å². The van der Waals surface area contributed by atoms with Gasteiger partial charge in [-0.25, -0.2) is 0 Å². The predicted molar refractivity (Wildman–Crippen MR) is 79.7 cm³/mol. The van der Waals surface area contributed by atoms with Crippen LogP contribution in [0.4, 0.5) is 0 Å². The van der Waals surface area contributed by atoms with Crippen molar-refractivity contribution in [2.24, 2.45) is 5.92 Å². The average molecular weight is 290 g/mol. The number of carbonyl (C=O) groups is 1. The number of carbonyl (C=O) groups excluding carboxylic acids is 1. The van der Waals surface area contributed by atoms with Crippen LogP contribution in [0.15, 0.2) is 18.2 Å². The standard InChI is InChI=1S/C16H22N2O3/c1-20-14-4-5-15-11(8-14)7-12(10-21-15)16(19)18-9-13-3-2-6-17-13/h4-5,8,12-13,17H,2-3,6-7,9-10H2,1H3,(H,18,19). The van der Waals surface area contributed by atoms with Crippen LogP contribution in [0.25, 0.3) is 0 Å². The van der Waals surface area contributed by atoms with Gasteiger partial charge in [0.15, 0.2) is 0 Å². The van der Waals surface area contributed by atoms with E-state index in [1.807, 2.05) is 18.2 Å². The predicted octanol–water partition coefficient (Wildman–Crippen LogP) is 1.11. The molecule has 0 bridgehead atoms. The molecular formula is C16H22N2O3. The van der Waals surface area contributed by atoms with Crippen LogP contribution >= 0.6 is 0 Å². The topological polar surface area (TPSA) is 59.6 Å². The number of rotatable bonds is 4. The Kier molecular flexibility index (Phi) is 4.29. The molecule has 2 heterocycles. The van der Waals surface area contributed by atoms with Gasteiger partial charge < -0.3 is 20.1 Å². The number of fused-ring (bicyclic) bond motifs is 1. The summed E-state index contributed by atoms with van der Waals surface area (Å²) in [6, 6.07) is 6.16. The molecule has 2 atom stereocenters. The lowest BCUT2D eigenvalue weighted by atomic mass is 9.95. The highest BCUT2D eigenvalue weighted by atomic mass is 16.5. The molecule has 1 amide bonds. The molecule has 0 radical (unpaired) electrons. The molecule has 3 rings (SSSR count). The fourth-order valence-corrected chi connectivity index (χ4v) is 2.97. The summed E-state index contributed by atoms with van der Waals surface area (Å²) in [7, 11) is 1.64. The molecule has 5 heteroatoms. The van der Waals surface area contributed by atoms with Crippen molar-refractivity contribution in [1.82, 2.24) is 10.6 Å². The molecule has 1 saturated heterocycles. The van der Waals surface area contributed by atoms with Crippen LogP contribution in [0.2, 0.25) is 0 Å². The molecule has 0 aliphatic carbocycles. The van der Waals surface area contributed by atoms with Gasteiger partial charge in [0.1, 0.15) is 18.1 Å². The molecule has 2 aliphatic rings. The Bertz CT molecular complexity index is 512. The lowest BCUT2D eigenvalue weighted by molar-refractivity contribution is -0.126. The van der Waals surface area contributed by atoms with Crippen molar-refractivity contribution < 1.29 is 14.3 Å². The number of methoxy groups -OCH3 is 1. The molecule has 5 nitrogen and oxygen atoms in total. The zero-order chi connectivity index (χ0) is 14.7. The number of nitrogens with one attached hydrogen (secondary N) is 2. The number of hydrogen-bond donors (Lipinski definition) is 2. The van der Waals surface area contributed by atoms with E-state index in [0.29, 0.717) is 25.6 Å². The smallest absolute Gasteiger partial charge is 0.226 e. The maximum Gasteiger partial charge on any atom is 0.226 e. The largest absolute Gasteiger partial charge is 0.497 e. The van der Waals surface area contributed by atoms with Gasteiger partial charge in [0, 0.05) is 12.6 Å². The summed E-state index contributed by atoms with van der Waals surface area (Å²) in [4.78, 5) is 12.3. The van der Waals surface area contributed by atoms with Gasteiger partial charge in [-0.15, -0.1) is 0 Å². The minimum Gasteiger partial charge on any atom is -0.497 e. The van der Waals surface area contributed by atoms with Crippen LogP contribution in [0, 0.1) is 5.92 Å². The zero-order valence-corrected chi connectivity index (χ0v) is 12.4. The second kappa shape index (κ2) is 6.35. The molecule has 1 aromatic rings. The van der Waals surface area contributed by atoms with E-state index in [1.54, 1.807) is 7.11 Å². The Morgan fingerprint density at radius 1 is 1.52 bits per heavy atom. The third-order valence-corrected chi connectivity index (χ3v) is 4.23. The quantitative estimate of drug-likeness (QED) is 0.872. The first-order chi connectivity index (χ1) is 10.3. The summed E-state index contributed by atoms with van der Waals surface area (Å²) < 4.78 is 10.9. The Labute approximate surface area is 125 Å². The summed E-state index contributed by atoms with van der Waals surface area (Å²) in [5.41, 5.74) is 1.04. The first-order valence-corrected chi connectivity index (χ1v) is 7.57. The van der Waals surface area contributed by atoms with Crippen LogP contribution in [0.3, 0.4) is 0 Å². The summed E-state index contributed by atoms with van der Waals surface area (Å²) in [6.07, 6.45) is 3.04. The molecule has 1 fully saturated rings. The van der Waals surface area contributed by atoms with Crippen molar-refractivity contribution in [3.63, 3.8) is 0 Å². The van der Waals surface area contributed by atoms with Crippen LogP contribution in [0.1, 0.15) is 18.4 Å². The maximum atomic E-state index is 12.3. The van der Waals surface area contributed by atoms with Gasteiger partial charge in [-0.2, -0.15) is 0 Å². The SMILES string of the molecule is COc1ccc2c(c1)CC(C(=O)NCC1CCCN1)CO2. The minimum absolute atomic E-state index is 0.0807. The van der Waals surface area contributed by atoms with Gasteiger partial charge in [-0.1, -0.05) is 0 Å². The number of ether oxygens (including phenoxy) is 2. The third-order valence-electron chi connectivity index (χ3n) is 4.23. The van der Waals surface area contributed by atoms with Crippen molar-refractivity contribution >= 4 is 5.91 Å². The molecule has 0 aromatic heterocycles. The lowest BCUT2D eigenvalue weighted by Gasteiger charge is -2.25. The van der Waals surface area contributed by atoms with E-state index in [1.165, 1.54) is 6.42 Å². The van der Waals surface area contributed by atoms with E-state index >= 15 is 0 Å². The average Bonchev–Trinajstić information content (AvgIpc) is 3.04. The Hall–Kier alpha value is -1.75. The van der Waals surface area contributed by atoms with E-state index in [-0.39, 0.29) is 11.8 Å². The van der Waals surface area contributed by atoms with E-state index < -0.39 is 0 Å². The highest BCUT2D eigenvalue weighted by Gasteiger charge is 2.27. The monoisotopic (exact) mass is 290 g/mol. The van der Waals surface area contributed by atoms with E-state index in [2.05, 4.69) is 10.6 Å². The number of amides is 1. The molecule has 1 aromatic carbocycles. The minimum atomic E-state index is -0.119. The lowest BCUT2D eigenvalue weighted by Crippen LogP contribution is -2.42. The van der Waals surface area contributed by atoms with Crippen molar-refractivity contribution in [2.45, 2.75) is 25.3 Å². The summed E-state index contributed by atoms with van der Waals surface area (Å²) in [5, 5.41) is 6.42. The Balaban J connectivity index is 1.58. The number of hydrogen-bond acceptors (Lipinski definition) is 4. The van der Waals surface area contributed by atoms with Crippen molar-refractivity contribution in [1.29, 1.82) is 0 Å². The molecular weight excluding hydrogens is 268 g/mol. The van der Waals surface area contributed by atoms with Crippen molar-refractivity contribution in [2.75, 3.05) is 26.8 Å². The normalized spacial score (nSPS) is 24.0. The van der Waals surface area contributed by atoms with Gasteiger partial charge in [-0.05, 0) is 49.6 Å². The van der Waals surface area contributed by atoms with Gasteiger partial charge in [0.2, 0.25) is 5.91 Å². The summed E-state index contributed by atoms with van der Waals surface area (Å²) in [6.45, 7) is 2.21. The third kappa shape index (κ3) is 3.29. The van der Waals surface area contributed by atoms with Crippen molar-refractivity contribution in [3.8, 4) is 11.5 Å². The highest BCUT2D eigenvalue weighted by Crippen LogP contribution is 2.30.